The Morgan fingerprint density at radius 3 is 2.95 bits per heavy atom. The summed E-state index contributed by atoms with van der Waals surface area (Å²) in [6.07, 6.45) is 1.89. The maximum absolute atomic E-state index is 13.6. The van der Waals surface area contributed by atoms with Crippen LogP contribution in [0.3, 0.4) is 0 Å². The van der Waals surface area contributed by atoms with Crippen molar-refractivity contribution >= 4 is 23.0 Å². The van der Waals surface area contributed by atoms with Gasteiger partial charge in [-0.1, -0.05) is 11.6 Å². The van der Waals surface area contributed by atoms with Crippen LogP contribution in [0.1, 0.15) is 12.8 Å². The molecule has 0 saturated carbocycles. The number of halogens is 2. The molecule has 1 aromatic rings. The predicted octanol–water partition coefficient (Wildman–Crippen LogP) is 2.56. The number of nitrogens with two attached hydrogens (primary N) is 1. The van der Waals surface area contributed by atoms with Crippen molar-refractivity contribution in [3.05, 3.63) is 33.1 Å². The van der Waals surface area contributed by atoms with E-state index in [1.165, 1.54) is 0 Å². The van der Waals surface area contributed by atoms with Gasteiger partial charge in [0.05, 0.1) is 9.95 Å². The zero-order chi connectivity index (χ0) is 14.0. The molecule has 0 aromatic heterocycles. The molecule has 1 heterocycles. The maximum atomic E-state index is 13.6. The third-order valence-electron chi connectivity index (χ3n) is 3.41. The number of piperidine rings is 1. The number of hydrogen-bond acceptors (Lipinski definition) is 4. The van der Waals surface area contributed by atoms with Crippen molar-refractivity contribution in [1.82, 2.24) is 0 Å². The Morgan fingerprint density at radius 2 is 2.32 bits per heavy atom. The average molecular weight is 288 g/mol. The minimum absolute atomic E-state index is 0.163. The quantitative estimate of drug-likeness (QED) is 0.685. The highest BCUT2D eigenvalue weighted by molar-refractivity contribution is 6.31. The van der Waals surface area contributed by atoms with E-state index in [0.717, 1.165) is 25.0 Å². The molecule has 1 unspecified atom stereocenters. The summed E-state index contributed by atoms with van der Waals surface area (Å²) in [4.78, 5) is 12.3. The Morgan fingerprint density at radius 1 is 1.58 bits per heavy atom. The highest BCUT2D eigenvalue weighted by atomic mass is 35.5. The summed E-state index contributed by atoms with van der Waals surface area (Å²) in [5.74, 6) is -0.357. The van der Waals surface area contributed by atoms with Crippen LogP contribution in [0.15, 0.2) is 12.1 Å². The van der Waals surface area contributed by atoms with Gasteiger partial charge >= 0.3 is 0 Å². The summed E-state index contributed by atoms with van der Waals surface area (Å²) in [6.45, 7) is 1.80. The SMILES string of the molecule is NCC1CCCN(c2cc(F)c(Cl)cc2[N+](=O)[O-])C1. The van der Waals surface area contributed by atoms with Crippen LogP contribution in [0.2, 0.25) is 5.02 Å². The number of anilines is 1. The molecule has 104 valence electrons. The van der Waals surface area contributed by atoms with Gasteiger partial charge in [-0.2, -0.15) is 0 Å². The molecule has 5 nitrogen and oxygen atoms in total. The first kappa shape index (κ1) is 14.0. The van der Waals surface area contributed by atoms with Crippen molar-refractivity contribution in [2.75, 3.05) is 24.5 Å². The molecule has 1 saturated heterocycles. The lowest BCUT2D eigenvalue weighted by Gasteiger charge is -2.33. The number of benzene rings is 1. The van der Waals surface area contributed by atoms with Crippen molar-refractivity contribution in [3.8, 4) is 0 Å². The van der Waals surface area contributed by atoms with Crippen LogP contribution in [0.25, 0.3) is 0 Å². The fourth-order valence-corrected chi connectivity index (χ4v) is 2.56. The smallest absolute Gasteiger partial charge is 0.294 e. The molecule has 0 radical (unpaired) electrons. The van der Waals surface area contributed by atoms with Gasteiger partial charge in [0.15, 0.2) is 0 Å². The van der Waals surface area contributed by atoms with Crippen LogP contribution >= 0.6 is 11.6 Å². The van der Waals surface area contributed by atoms with Gasteiger partial charge in [0, 0.05) is 25.2 Å². The first-order chi connectivity index (χ1) is 9.02. The van der Waals surface area contributed by atoms with Crippen molar-refractivity contribution in [1.29, 1.82) is 0 Å². The molecule has 0 aliphatic carbocycles. The van der Waals surface area contributed by atoms with Crippen LogP contribution in [-0.4, -0.2) is 24.6 Å². The van der Waals surface area contributed by atoms with Crippen LogP contribution < -0.4 is 10.6 Å². The second kappa shape index (κ2) is 5.71. The number of hydrogen-bond donors (Lipinski definition) is 1. The van der Waals surface area contributed by atoms with Crippen LogP contribution in [-0.2, 0) is 0 Å². The van der Waals surface area contributed by atoms with E-state index in [4.69, 9.17) is 17.3 Å². The zero-order valence-corrected chi connectivity index (χ0v) is 11.1. The summed E-state index contributed by atoms with van der Waals surface area (Å²) in [5.41, 5.74) is 5.76. The lowest BCUT2D eigenvalue weighted by atomic mass is 9.97. The van der Waals surface area contributed by atoms with Crippen molar-refractivity contribution in [2.24, 2.45) is 11.7 Å². The summed E-state index contributed by atoms with van der Waals surface area (Å²) >= 11 is 5.61. The van der Waals surface area contributed by atoms with E-state index in [1.807, 2.05) is 4.90 Å². The fraction of sp³-hybridized carbons (Fsp3) is 0.500. The Bertz CT molecular complexity index is 498. The highest BCUT2D eigenvalue weighted by Gasteiger charge is 2.26. The lowest BCUT2D eigenvalue weighted by molar-refractivity contribution is -0.384. The van der Waals surface area contributed by atoms with Crippen molar-refractivity contribution in [3.63, 3.8) is 0 Å². The van der Waals surface area contributed by atoms with Crippen LogP contribution in [0.4, 0.5) is 15.8 Å². The first-order valence-electron chi connectivity index (χ1n) is 6.11. The third kappa shape index (κ3) is 2.96. The fourth-order valence-electron chi connectivity index (χ4n) is 2.40. The number of nitro groups is 1. The molecular formula is C12H15ClFN3O2. The summed E-state index contributed by atoms with van der Waals surface area (Å²) in [5, 5.41) is 10.8. The average Bonchev–Trinajstić information content (AvgIpc) is 2.41. The summed E-state index contributed by atoms with van der Waals surface area (Å²) < 4.78 is 13.6. The van der Waals surface area contributed by atoms with E-state index in [-0.39, 0.29) is 22.3 Å². The molecule has 0 amide bonds. The van der Waals surface area contributed by atoms with E-state index in [0.29, 0.717) is 19.6 Å². The second-order valence-corrected chi connectivity index (χ2v) is 5.11. The zero-order valence-electron chi connectivity index (χ0n) is 10.3. The molecule has 1 fully saturated rings. The number of nitrogens with zero attached hydrogens (tertiary/aromatic N) is 2. The highest BCUT2D eigenvalue weighted by Crippen LogP contribution is 2.35. The molecule has 1 atom stereocenters. The van der Waals surface area contributed by atoms with Crippen molar-refractivity contribution < 1.29 is 9.31 Å². The molecule has 0 spiro atoms. The summed E-state index contributed by atoms with van der Waals surface area (Å²) in [6, 6.07) is 2.21. The third-order valence-corrected chi connectivity index (χ3v) is 3.70. The van der Waals surface area contributed by atoms with Gasteiger partial charge in [-0.3, -0.25) is 10.1 Å². The predicted molar refractivity (Wildman–Crippen MR) is 72.1 cm³/mol. The van der Waals surface area contributed by atoms with E-state index >= 15 is 0 Å². The molecule has 1 aliphatic rings. The van der Waals surface area contributed by atoms with Crippen molar-refractivity contribution in [2.45, 2.75) is 12.8 Å². The standard InChI is InChI=1S/C12H15ClFN3O2/c13-9-4-12(17(18)19)11(5-10(9)14)16-3-1-2-8(6-15)7-16/h4-5,8H,1-3,6-7,15H2. The summed E-state index contributed by atoms with van der Waals surface area (Å²) in [7, 11) is 0. The Hall–Kier alpha value is -1.40. The van der Waals surface area contributed by atoms with Gasteiger partial charge in [0.25, 0.3) is 5.69 Å². The largest absolute Gasteiger partial charge is 0.366 e. The minimum atomic E-state index is -0.642. The van der Waals surface area contributed by atoms with Gasteiger partial charge in [-0.15, -0.1) is 0 Å². The number of nitro benzene ring substituents is 1. The second-order valence-electron chi connectivity index (χ2n) is 4.70. The van der Waals surface area contributed by atoms with Gasteiger partial charge in [0.1, 0.15) is 11.5 Å². The Labute approximate surface area is 115 Å². The van der Waals surface area contributed by atoms with Crippen LogP contribution in [0, 0.1) is 21.8 Å². The molecule has 1 aliphatic heterocycles. The van der Waals surface area contributed by atoms with E-state index in [1.54, 1.807) is 0 Å². The van der Waals surface area contributed by atoms with Crippen LogP contribution in [0.5, 0.6) is 0 Å². The first-order valence-corrected chi connectivity index (χ1v) is 6.49. The molecule has 2 rings (SSSR count). The molecule has 2 N–H and O–H groups in total. The molecular weight excluding hydrogens is 273 g/mol. The lowest BCUT2D eigenvalue weighted by Crippen LogP contribution is -2.38. The number of rotatable bonds is 3. The van der Waals surface area contributed by atoms with Gasteiger partial charge < -0.3 is 10.6 Å². The van der Waals surface area contributed by atoms with Gasteiger partial charge in [-0.05, 0) is 25.3 Å². The van der Waals surface area contributed by atoms with E-state index in [9.17, 15) is 14.5 Å². The monoisotopic (exact) mass is 287 g/mol. The van der Waals surface area contributed by atoms with Gasteiger partial charge in [-0.25, -0.2) is 4.39 Å². The minimum Gasteiger partial charge on any atom is -0.366 e. The molecule has 7 heteroatoms. The Kier molecular flexibility index (Phi) is 4.21. The molecule has 1 aromatic carbocycles. The molecule has 19 heavy (non-hydrogen) atoms. The maximum Gasteiger partial charge on any atom is 0.294 e. The molecule has 0 bridgehead atoms. The Balaban J connectivity index is 2.37. The van der Waals surface area contributed by atoms with Gasteiger partial charge in [0.2, 0.25) is 0 Å². The topological polar surface area (TPSA) is 72.4 Å². The normalized spacial score (nSPS) is 19.5. The van der Waals surface area contributed by atoms with E-state index in [2.05, 4.69) is 0 Å². The van der Waals surface area contributed by atoms with E-state index < -0.39 is 10.7 Å².